The number of aliphatic hydroxyl groups is 2. The first-order valence-corrected chi connectivity index (χ1v) is 28.6. The summed E-state index contributed by atoms with van der Waals surface area (Å²) >= 11 is 0. The third-order valence-electron chi connectivity index (χ3n) is 15.0. The van der Waals surface area contributed by atoms with E-state index in [9.17, 15) is 15.0 Å². The molecule has 6 atom stereocenters. The number of ether oxygens (including phenoxy) is 7. The average Bonchev–Trinajstić information content (AvgIpc) is 3.92. The van der Waals surface area contributed by atoms with Crippen LogP contribution >= 0.6 is 0 Å². The largest absolute Gasteiger partial charge is 0.459 e. The van der Waals surface area contributed by atoms with Gasteiger partial charge in [0.05, 0.1) is 31.5 Å². The Kier molecular flexibility index (Phi) is 23.0. The number of allylic oxidation sites excluding steroid dienone is 1. The summed E-state index contributed by atoms with van der Waals surface area (Å²) in [5.41, 5.74) is 3.44. The number of nitrogens with one attached hydrogen (secondary N) is 1. The number of aliphatic hydroxyl groups excluding tert-OH is 2. The summed E-state index contributed by atoms with van der Waals surface area (Å²) in [5, 5.41) is 28.1. The van der Waals surface area contributed by atoms with Crippen molar-refractivity contribution in [3.8, 4) is 23.0 Å². The van der Waals surface area contributed by atoms with E-state index >= 15 is 4.79 Å². The van der Waals surface area contributed by atoms with Crippen molar-refractivity contribution < 1.29 is 57.8 Å². The summed E-state index contributed by atoms with van der Waals surface area (Å²) in [6, 6.07) is 20.1. The number of carbonyl (C=O) groups is 2. The minimum Gasteiger partial charge on any atom is -0.459 e. The molecule has 7 rings (SSSR count). The van der Waals surface area contributed by atoms with Crippen molar-refractivity contribution >= 4 is 17.9 Å². The number of fused-ring (bicyclic) bond motifs is 3. The van der Waals surface area contributed by atoms with Gasteiger partial charge in [-0.25, -0.2) is 9.59 Å². The highest BCUT2D eigenvalue weighted by Gasteiger charge is 2.66. The first-order valence-electron chi connectivity index (χ1n) is 28.6. The van der Waals surface area contributed by atoms with Crippen molar-refractivity contribution in [2.45, 2.75) is 173 Å². The van der Waals surface area contributed by atoms with Crippen molar-refractivity contribution in [1.82, 2.24) is 10.2 Å². The van der Waals surface area contributed by atoms with Crippen molar-refractivity contribution in [2.75, 3.05) is 46.4 Å². The molecule has 0 spiro atoms. The highest BCUT2D eigenvalue weighted by Crippen LogP contribution is 2.62. The molecule has 1 fully saturated rings. The lowest BCUT2D eigenvalue weighted by molar-refractivity contribution is -0.256. The van der Waals surface area contributed by atoms with Crippen LogP contribution in [0.4, 0.5) is 9.59 Å². The van der Waals surface area contributed by atoms with E-state index in [1.807, 2.05) is 81.4 Å². The molecule has 0 radical (unpaired) electrons. The molecule has 2 amide bonds. The number of amides is 2. The zero-order chi connectivity index (χ0) is 54.5. The second-order valence-electron chi connectivity index (χ2n) is 21.9. The molecular weight excluding hydrogens is 979 g/mol. The lowest BCUT2D eigenvalue weighted by atomic mass is 9.55. The molecule has 2 aliphatic carbocycles. The second-order valence-corrected chi connectivity index (χ2v) is 21.9. The van der Waals surface area contributed by atoms with Gasteiger partial charge in [-0.2, -0.15) is 0 Å². The molecule has 3 aromatic rings. The minimum absolute atomic E-state index is 0.00421. The minimum atomic E-state index is -1.57. The van der Waals surface area contributed by atoms with Gasteiger partial charge in [0, 0.05) is 44.2 Å². The van der Waals surface area contributed by atoms with E-state index in [1.165, 1.54) is 44.9 Å². The molecule has 2 aliphatic heterocycles. The molecule has 0 saturated heterocycles. The van der Waals surface area contributed by atoms with Crippen LogP contribution in [0.5, 0.6) is 23.0 Å². The lowest BCUT2D eigenvalue weighted by Gasteiger charge is -2.60. The normalized spacial score (nSPS) is 21.6. The van der Waals surface area contributed by atoms with Crippen molar-refractivity contribution in [3.05, 3.63) is 108 Å². The molecule has 3 aromatic carbocycles. The third-order valence-corrected chi connectivity index (χ3v) is 15.0. The Morgan fingerprint density at radius 1 is 0.831 bits per heavy atom. The fourth-order valence-corrected chi connectivity index (χ4v) is 11.4. The predicted molar refractivity (Wildman–Crippen MR) is 297 cm³/mol. The number of hydrogen-bond donors (Lipinski definition) is 3. The second kappa shape index (κ2) is 29.9. The van der Waals surface area contributed by atoms with Gasteiger partial charge in [-0.3, -0.25) is 4.90 Å². The summed E-state index contributed by atoms with van der Waals surface area (Å²) in [5.74, 6) is -0.513. The molecule has 15 nitrogen and oxygen atoms in total. The maximum Gasteiger partial charge on any atom is 0.412 e. The summed E-state index contributed by atoms with van der Waals surface area (Å²) in [6.45, 7) is 13.5. The lowest BCUT2D eigenvalue weighted by Crippen LogP contribution is -2.70. The summed E-state index contributed by atoms with van der Waals surface area (Å²) in [6.07, 6.45) is 19.3. The first kappa shape index (κ1) is 59.1. The molecule has 77 heavy (non-hydrogen) atoms. The smallest absolute Gasteiger partial charge is 0.412 e. The van der Waals surface area contributed by atoms with Crippen molar-refractivity contribution in [3.63, 3.8) is 0 Å². The fourth-order valence-electron chi connectivity index (χ4n) is 11.4. The van der Waals surface area contributed by atoms with Gasteiger partial charge in [0.15, 0.2) is 11.5 Å². The van der Waals surface area contributed by atoms with Crippen LogP contribution < -0.4 is 24.3 Å². The maximum atomic E-state index is 15.2. The number of carbonyl (C=O) groups excluding carboxylic acids is 2. The van der Waals surface area contributed by atoms with Gasteiger partial charge in [0.2, 0.25) is 12.6 Å². The average molecular weight is 1070 g/mol. The Hall–Kier alpha value is -5.61. The molecule has 3 N–H and O–H groups in total. The molecule has 15 heteroatoms. The molecule has 0 bridgehead atoms. The number of nitrogens with zero attached hydrogens (tertiary/aromatic N) is 2. The number of unbranched alkanes of at least 4 members (excludes halogenated alkanes) is 11. The van der Waals surface area contributed by atoms with Gasteiger partial charge in [0.25, 0.3) is 0 Å². The Balaban J connectivity index is 1.27. The van der Waals surface area contributed by atoms with Gasteiger partial charge in [-0.05, 0) is 112 Å². The monoisotopic (exact) mass is 1070 g/mol. The van der Waals surface area contributed by atoms with Gasteiger partial charge < -0.3 is 53.5 Å². The molecule has 1 saturated carbocycles. The number of oxime groups is 1. The summed E-state index contributed by atoms with van der Waals surface area (Å²) < 4.78 is 44.4. The fraction of sp³-hybridized carbons (Fsp3) is 0.597. The number of rotatable bonds is 32. The van der Waals surface area contributed by atoms with Crippen LogP contribution in [-0.4, -0.2) is 96.8 Å². The van der Waals surface area contributed by atoms with Gasteiger partial charge in [0.1, 0.15) is 29.7 Å². The van der Waals surface area contributed by atoms with Crippen LogP contribution in [0.2, 0.25) is 0 Å². The first-order chi connectivity index (χ1) is 37.5. The van der Waals surface area contributed by atoms with Crippen LogP contribution in [0, 0.1) is 17.8 Å². The van der Waals surface area contributed by atoms with E-state index < -0.39 is 35.5 Å². The highest BCUT2D eigenvalue weighted by atomic mass is 16.7. The van der Waals surface area contributed by atoms with Crippen LogP contribution in [-0.2, 0) is 32.2 Å². The number of benzene rings is 3. The topological polar surface area (TPSA) is 176 Å². The maximum absolute atomic E-state index is 15.2. The van der Waals surface area contributed by atoms with E-state index in [4.69, 9.17) is 43.2 Å². The van der Waals surface area contributed by atoms with E-state index in [1.54, 1.807) is 17.0 Å². The zero-order valence-corrected chi connectivity index (χ0v) is 46.4. The van der Waals surface area contributed by atoms with E-state index in [0.29, 0.717) is 54.7 Å². The van der Waals surface area contributed by atoms with E-state index in [0.717, 1.165) is 67.2 Å². The Bertz CT molecular complexity index is 2390. The summed E-state index contributed by atoms with van der Waals surface area (Å²) in [7, 11) is 0. The molecule has 2 heterocycles. The Labute approximate surface area is 457 Å². The van der Waals surface area contributed by atoms with Crippen molar-refractivity contribution in [2.24, 2.45) is 22.9 Å². The molecule has 4 aliphatic rings. The van der Waals surface area contributed by atoms with E-state index in [-0.39, 0.29) is 70.5 Å². The SMILES string of the molecule is C=CCO[C@@]12Oc3ccc(OC(=O)NCCCCCCCCCCCC)cc3[C@H]3[C@H](CCCCO)[C@@H](CCCCO)C=C(C(=NOC(C)(C)C)C[C@@H]1N(Cc1ccc4c(c1)OCO4)C(=O)OCCOCc1ccccc1)[C@H]32. The van der Waals surface area contributed by atoms with Crippen LogP contribution in [0.3, 0.4) is 0 Å². The van der Waals surface area contributed by atoms with Crippen LogP contribution in [0.25, 0.3) is 0 Å². The van der Waals surface area contributed by atoms with Crippen LogP contribution in [0.1, 0.15) is 159 Å². The highest BCUT2D eigenvalue weighted by molar-refractivity contribution is 6.03. The number of hydrogen-bond acceptors (Lipinski definition) is 13. The quantitative estimate of drug-likeness (QED) is 0.0307. The van der Waals surface area contributed by atoms with Gasteiger partial charge >= 0.3 is 12.2 Å². The molecule has 0 unspecified atom stereocenters. The van der Waals surface area contributed by atoms with Gasteiger partial charge in [-0.15, -0.1) is 6.58 Å². The van der Waals surface area contributed by atoms with Crippen LogP contribution in [0.15, 0.2) is 96.2 Å². The van der Waals surface area contributed by atoms with E-state index in [2.05, 4.69) is 24.9 Å². The van der Waals surface area contributed by atoms with Gasteiger partial charge in [-0.1, -0.05) is 131 Å². The molecular formula is C62H87N3O12. The third kappa shape index (κ3) is 16.5. The summed E-state index contributed by atoms with van der Waals surface area (Å²) in [4.78, 5) is 36.7. The molecule has 0 aromatic heterocycles. The zero-order valence-electron chi connectivity index (χ0n) is 46.4. The van der Waals surface area contributed by atoms with Crippen molar-refractivity contribution in [1.29, 1.82) is 0 Å². The Morgan fingerprint density at radius 2 is 1.55 bits per heavy atom. The molecule has 422 valence electrons. The Morgan fingerprint density at radius 3 is 2.27 bits per heavy atom. The predicted octanol–water partition coefficient (Wildman–Crippen LogP) is 12.7. The standard InChI is InChI=1S/C62H87N3O12/c1-6-8-9-10-11-12-13-14-15-21-32-63-59(68)75-48-29-31-53-51(40-48)57-49(27-20-23-34-67)47(26-19-22-33-66)39-50-52(64-77-61(3,4)5)41-56(62(76-53,58(50)57)74-35-7-2)65(42-46-28-30-54-55(38-46)73-44-72-54)60(69)71-37-36-70-43-45-24-17-16-18-25-45/h7,16-18,24-25,28-31,38-40,47,49,56-58,66-67H,2,6,8-15,19-23,26-27,32-37,41-44H2,1,3-5H3,(H,63,68)/t47-,49+,56-,57+,58+,62+/m0/s1.